The monoisotopic (exact) mass is 207 g/mol. The molecule has 3 nitrogen and oxygen atoms in total. The zero-order valence-corrected chi connectivity index (χ0v) is 9.25. The minimum Gasteiger partial charge on any atom is -0.496 e. The Hall–Kier alpha value is -1.06. The van der Waals surface area contributed by atoms with Crippen molar-refractivity contribution in [1.29, 1.82) is 0 Å². The molecule has 1 N–H and O–H groups in total. The molecule has 1 heterocycles. The van der Waals surface area contributed by atoms with Gasteiger partial charge in [-0.15, -0.1) is 0 Å². The molecule has 0 saturated carbocycles. The summed E-state index contributed by atoms with van der Waals surface area (Å²) in [5, 5.41) is 3.18. The molecule has 1 saturated heterocycles. The van der Waals surface area contributed by atoms with Crippen LogP contribution in [0.2, 0.25) is 0 Å². The van der Waals surface area contributed by atoms with E-state index in [2.05, 4.69) is 24.4 Å². The summed E-state index contributed by atoms with van der Waals surface area (Å²) in [7, 11) is 1.71. The number of ether oxygens (including phenoxy) is 2. The van der Waals surface area contributed by atoms with Gasteiger partial charge in [0.05, 0.1) is 19.9 Å². The van der Waals surface area contributed by atoms with Gasteiger partial charge in [0.2, 0.25) is 0 Å². The van der Waals surface area contributed by atoms with Gasteiger partial charge in [0.1, 0.15) is 5.75 Å². The van der Waals surface area contributed by atoms with Gasteiger partial charge in [0.25, 0.3) is 0 Å². The Kier molecular flexibility index (Phi) is 3.23. The predicted molar refractivity (Wildman–Crippen MR) is 59.1 cm³/mol. The van der Waals surface area contributed by atoms with Crippen LogP contribution in [-0.2, 0) is 11.2 Å². The number of rotatable bonds is 3. The van der Waals surface area contributed by atoms with Gasteiger partial charge in [0, 0.05) is 6.54 Å². The average Bonchev–Trinajstić information content (AvgIpc) is 2.81. The highest BCUT2D eigenvalue weighted by atomic mass is 16.5. The molecule has 1 fully saturated rings. The van der Waals surface area contributed by atoms with Crippen LogP contribution in [0.1, 0.15) is 24.2 Å². The van der Waals surface area contributed by atoms with E-state index in [0.717, 1.165) is 18.7 Å². The molecule has 1 aliphatic rings. The molecule has 3 heteroatoms. The van der Waals surface area contributed by atoms with Gasteiger partial charge in [-0.2, -0.15) is 0 Å². The molecule has 1 aromatic rings. The minimum atomic E-state index is 0.196. The van der Waals surface area contributed by atoms with Gasteiger partial charge in [-0.1, -0.05) is 13.0 Å². The van der Waals surface area contributed by atoms with Crippen LogP contribution in [0.5, 0.6) is 5.75 Å². The maximum absolute atomic E-state index is 5.56. The SMILES string of the molecule is CCc1cc(C2CNCO2)ccc1OC. The van der Waals surface area contributed by atoms with E-state index in [4.69, 9.17) is 9.47 Å². The third-order valence-corrected chi connectivity index (χ3v) is 2.77. The molecule has 1 atom stereocenters. The topological polar surface area (TPSA) is 30.5 Å². The summed E-state index contributed by atoms with van der Waals surface area (Å²) in [5.41, 5.74) is 2.48. The second-order valence-corrected chi connectivity index (χ2v) is 3.68. The third kappa shape index (κ3) is 2.13. The molecule has 0 aromatic heterocycles. The number of hydrogen-bond donors (Lipinski definition) is 1. The minimum absolute atomic E-state index is 0.196. The zero-order valence-electron chi connectivity index (χ0n) is 9.25. The number of hydrogen-bond acceptors (Lipinski definition) is 3. The first-order valence-electron chi connectivity index (χ1n) is 5.34. The van der Waals surface area contributed by atoms with Crippen LogP contribution in [0.4, 0.5) is 0 Å². The maximum Gasteiger partial charge on any atom is 0.122 e. The molecule has 0 spiro atoms. The van der Waals surface area contributed by atoms with Crippen LogP contribution in [0.3, 0.4) is 0 Å². The fraction of sp³-hybridized carbons (Fsp3) is 0.500. The molecule has 1 aliphatic heterocycles. The molecule has 0 bridgehead atoms. The van der Waals surface area contributed by atoms with Crippen molar-refractivity contribution in [2.24, 2.45) is 0 Å². The molecule has 0 amide bonds. The van der Waals surface area contributed by atoms with Crippen molar-refractivity contribution in [3.8, 4) is 5.75 Å². The first-order valence-corrected chi connectivity index (χ1v) is 5.34. The summed E-state index contributed by atoms with van der Waals surface area (Å²) in [6, 6.07) is 6.28. The van der Waals surface area contributed by atoms with Crippen LogP contribution < -0.4 is 10.1 Å². The van der Waals surface area contributed by atoms with E-state index in [1.165, 1.54) is 11.1 Å². The smallest absolute Gasteiger partial charge is 0.122 e. The van der Waals surface area contributed by atoms with Crippen LogP contribution in [0, 0.1) is 0 Å². The lowest BCUT2D eigenvalue weighted by Crippen LogP contribution is -2.08. The van der Waals surface area contributed by atoms with E-state index >= 15 is 0 Å². The highest BCUT2D eigenvalue weighted by molar-refractivity contribution is 5.38. The molecule has 15 heavy (non-hydrogen) atoms. The summed E-state index contributed by atoms with van der Waals surface area (Å²) in [6.45, 7) is 3.68. The standard InChI is InChI=1S/C12H17NO2/c1-3-9-6-10(4-5-11(9)14-2)12-7-13-8-15-12/h4-6,12-13H,3,7-8H2,1-2H3. The van der Waals surface area contributed by atoms with Gasteiger partial charge < -0.3 is 9.47 Å². The largest absolute Gasteiger partial charge is 0.496 e. The highest BCUT2D eigenvalue weighted by Crippen LogP contribution is 2.26. The van der Waals surface area contributed by atoms with Crippen molar-refractivity contribution >= 4 is 0 Å². The summed E-state index contributed by atoms with van der Waals surface area (Å²) >= 11 is 0. The molecule has 2 rings (SSSR count). The summed E-state index contributed by atoms with van der Waals surface area (Å²) in [4.78, 5) is 0. The second kappa shape index (κ2) is 4.64. The Bertz CT molecular complexity index is 332. The second-order valence-electron chi connectivity index (χ2n) is 3.68. The summed E-state index contributed by atoms with van der Waals surface area (Å²) in [6.07, 6.45) is 1.18. The van der Waals surface area contributed by atoms with E-state index in [1.54, 1.807) is 7.11 Å². The molecule has 1 unspecified atom stereocenters. The fourth-order valence-electron chi connectivity index (χ4n) is 1.90. The Morgan fingerprint density at radius 3 is 3.00 bits per heavy atom. The Morgan fingerprint density at radius 1 is 1.53 bits per heavy atom. The van der Waals surface area contributed by atoms with Crippen LogP contribution in [0.15, 0.2) is 18.2 Å². The van der Waals surface area contributed by atoms with Gasteiger partial charge in [-0.3, -0.25) is 5.32 Å². The van der Waals surface area contributed by atoms with E-state index in [0.29, 0.717) is 6.73 Å². The van der Waals surface area contributed by atoms with Gasteiger partial charge in [-0.25, -0.2) is 0 Å². The van der Waals surface area contributed by atoms with E-state index in [-0.39, 0.29) is 6.10 Å². The van der Waals surface area contributed by atoms with Gasteiger partial charge in [-0.05, 0) is 29.7 Å². The van der Waals surface area contributed by atoms with E-state index in [9.17, 15) is 0 Å². The summed E-state index contributed by atoms with van der Waals surface area (Å²) < 4.78 is 10.9. The number of nitrogens with one attached hydrogen (secondary N) is 1. The van der Waals surface area contributed by atoms with Gasteiger partial charge in [0.15, 0.2) is 0 Å². The van der Waals surface area contributed by atoms with Crippen LogP contribution in [0.25, 0.3) is 0 Å². The first kappa shape index (κ1) is 10.5. The van der Waals surface area contributed by atoms with Crippen molar-refractivity contribution in [2.45, 2.75) is 19.4 Å². The van der Waals surface area contributed by atoms with Crippen molar-refractivity contribution in [1.82, 2.24) is 5.32 Å². The maximum atomic E-state index is 5.56. The van der Waals surface area contributed by atoms with Crippen LogP contribution in [-0.4, -0.2) is 20.4 Å². The normalized spacial score (nSPS) is 20.5. The fourth-order valence-corrected chi connectivity index (χ4v) is 1.90. The molecule has 0 aliphatic carbocycles. The molecule has 1 aromatic carbocycles. The average molecular weight is 207 g/mol. The van der Waals surface area contributed by atoms with Crippen molar-refractivity contribution < 1.29 is 9.47 Å². The van der Waals surface area contributed by atoms with Crippen LogP contribution >= 0.6 is 0 Å². The van der Waals surface area contributed by atoms with E-state index in [1.807, 2.05) is 6.07 Å². The zero-order chi connectivity index (χ0) is 10.7. The third-order valence-electron chi connectivity index (χ3n) is 2.77. The molecule has 0 radical (unpaired) electrons. The van der Waals surface area contributed by atoms with E-state index < -0.39 is 0 Å². The first-order chi connectivity index (χ1) is 7.35. The van der Waals surface area contributed by atoms with Crippen molar-refractivity contribution in [3.63, 3.8) is 0 Å². The lowest BCUT2D eigenvalue weighted by molar-refractivity contribution is 0.114. The lowest BCUT2D eigenvalue weighted by atomic mass is 10.0. The Balaban J connectivity index is 2.25. The van der Waals surface area contributed by atoms with Gasteiger partial charge >= 0.3 is 0 Å². The lowest BCUT2D eigenvalue weighted by Gasteiger charge is -2.12. The summed E-state index contributed by atoms with van der Waals surface area (Å²) in [5.74, 6) is 0.965. The Morgan fingerprint density at radius 2 is 2.40 bits per heavy atom. The number of benzene rings is 1. The highest BCUT2D eigenvalue weighted by Gasteiger charge is 2.17. The number of methoxy groups -OCH3 is 1. The quantitative estimate of drug-likeness (QED) is 0.820. The van der Waals surface area contributed by atoms with Crippen molar-refractivity contribution in [3.05, 3.63) is 29.3 Å². The molecular formula is C12H17NO2. The molecular weight excluding hydrogens is 190 g/mol. The number of aryl methyl sites for hydroxylation is 1. The Labute approximate surface area is 90.4 Å². The predicted octanol–water partition coefficient (Wildman–Crippen LogP) is 1.88. The molecule has 82 valence electrons. The van der Waals surface area contributed by atoms with Crippen molar-refractivity contribution in [2.75, 3.05) is 20.4 Å².